The van der Waals surface area contributed by atoms with Crippen LogP contribution in [0.3, 0.4) is 0 Å². The second-order valence-electron chi connectivity index (χ2n) is 3.68. The average Bonchev–Trinajstić information content (AvgIpc) is 2.81. The van der Waals surface area contributed by atoms with E-state index in [0.29, 0.717) is 0 Å². The molecule has 5 heteroatoms. The number of hydrogen-bond donors (Lipinski definition) is 2. The highest BCUT2D eigenvalue weighted by Gasteiger charge is 2.02. The molecule has 3 rings (SSSR count). The van der Waals surface area contributed by atoms with Gasteiger partial charge in [-0.15, -0.1) is 0 Å². The summed E-state index contributed by atoms with van der Waals surface area (Å²) in [6, 6.07) is 9.43. The molecule has 2 heterocycles. The van der Waals surface area contributed by atoms with Crippen LogP contribution < -0.4 is 11.1 Å². The highest BCUT2D eigenvalue weighted by atomic mass is 15.2. The van der Waals surface area contributed by atoms with E-state index in [9.17, 15) is 0 Å². The first-order valence-corrected chi connectivity index (χ1v) is 5.24. The van der Waals surface area contributed by atoms with Crippen molar-refractivity contribution in [2.45, 2.75) is 0 Å². The summed E-state index contributed by atoms with van der Waals surface area (Å²) >= 11 is 0. The first-order valence-electron chi connectivity index (χ1n) is 5.24. The van der Waals surface area contributed by atoms with Gasteiger partial charge >= 0.3 is 0 Å². The average molecular weight is 225 g/mol. The summed E-state index contributed by atoms with van der Waals surface area (Å²) < 4.78 is 1.77. The Morgan fingerprint density at radius 2 is 1.88 bits per heavy atom. The van der Waals surface area contributed by atoms with E-state index in [-0.39, 0.29) is 0 Å². The molecule has 1 aromatic carbocycles. The fourth-order valence-corrected chi connectivity index (χ4v) is 1.66. The Morgan fingerprint density at radius 1 is 1.06 bits per heavy atom. The van der Waals surface area contributed by atoms with E-state index in [2.05, 4.69) is 15.4 Å². The fraction of sp³-hybridized carbons (Fsp3) is 0. The summed E-state index contributed by atoms with van der Waals surface area (Å²) in [6.45, 7) is 0. The molecule has 3 N–H and O–H groups in total. The number of nitrogen functional groups attached to an aromatic ring is 1. The molecule has 2 aromatic heterocycles. The third kappa shape index (κ3) is 1.78. The van der Waals surface area contributed by atoms with Gasteiger partial charge in [-0.1, -0.05) is 0 Å². The number of hydrogen-bond acceptors (Lipinski definition) is 4. The number of fused-ring (bicyclic) bond motifs is 1. The van der Waals surface area contributed by atoms with Crippen LogP contribution in [0.4, 0.5) is 17.2 Å². The van der Waals surface area contributed by atoms with Crippen LogP contribution in [0.1, 0.15) is 0 Å². The van der Waals surface area contributed by atoms with Gasteiger partial charge in [0.2, 0.25) is 0 Å². The molecule has 0 aliphatic carbocycles. The topological polar surface area (TPSA) is 68.2 Å². The molecule has 84 valence electrons. The Labute approximate surface area is 97.9 Å². The predicted molar refractivity (Wildman–Crippen MR) is 67.1 cm³/mol. The SMILES string of the molecule is Nc1ccc(Nc2nccn3nccc23)cc1. The van der Waals surface area contributed by atoms with Crippen LogP contribution >= 0.6 is 0 Å². The minimum atomic E-state index is 0.742. The second kappa shape index (κ2) is 3.79. The van der Waals surface area contributed by atoms with E-state index in [1.54, 1.807) is 16.9 Å². The van der Waals surface area contributed by atoms with Crippen LogP contribution in [0.2, 0.25) is 0 Å². The Bertz CT molecular complexity index is 641. The van der Waals surface area contributed by atoms with Gasteiger partial charge in [0.25, 0.3) is 0 Å². The summed E-state index contributed by atoms with van der Waals surface area (Å²) in [4.78, 5) is 4.29. The van der Waals surface area contributed by atoms with E-state index in [1.807, 2.05) is 36.5 Å². The van der Waals surface area contributed by atoms with Gasteiger partial charge in [0.15, 0.2) is 5.82 Å². The fourth-order valence-electron chi connectivity index (χ4n) is 1.66. The van der Waals surface area contributed by atoms with E-state index >= 15 is 0 Å². The van der Waals surface area contributed by atoms with Crippen molar-refractivity contribution in [1.82, 2.24) is 14.6 Å². The first-order chi connectivity index (χ1) is 8.33. The normalized spacial score (nSPS) is 10.6. The van der Waals surface area contributed by atoms with Gasteiger partial charge in [-0.05, 0) is 30.3 Å². The maximum Gasteiger partial charge on any atom is 0.156 e. The smallest absolute Gasteiger partial charge is 0.156 e. The predicted octanol–water partition coefficient (Wildman–Crippen LogP) is 2.06. The molecule has 0 fully saturated rings. The number of anilines is 3. The Balaban J connectivity index is 1.99. The van der Waals surface area contributed by atoms with Crippen LogP contribution in [0.15, 0.2) is 48.9 Å². The third-order valence-corrected chi connectivity index (χ3v) is 2.50. The van der Waals surface area contributed by atoms with Crippen molar-refractivity contribution in [3.05, 3.63) is 48.9 Å². The molecule has 0 aliphatic heterocycles. The highest BCUT2D eigenvalue weighted by Crippen LogP contribution is 2.19. The van der Waals surface area contributed by atoms with Crippen molar-refractivity contribution in [3.8, 4) is 0 Å². The molecule has 0 atom stereocenters. The number of nitrogens with zero attached hydrogens (tertiary/aromatic N) is 3. The summed E-state index contributed by atoms with van der Waals surface area (Å²) in [5, 5.41) is 7.38. The zero-order valence-corrected chi connectivity index (χ0v) is 9.04. The molecule has 3 aromatic rings. The number of nitrogens with one attached hydrogen (secondary N) is 1. The molecule has 0 saturated carbocycles. The van der Waals surface area contributed by atoms with E-state index in [4.69, 9.17) is 5.73 Å². The largest absolute Gasteiger partial charge is 0.399 e. The minimum Gasteiger partial charge on any atom is -0.399 e. The van der Waals surface area contributed by atoms with Crippen LogP contribution in [-0.4, -0.2) is 14.6 Å². The first kappa shape index (κ1) is 9.65. The van der Waals surface area contributed by atoms with Crippen molar-refractivity contribution in [1.29, 1.82) is 0 Å². The lowest BCUT2D eigenvalue weighted by molar-refractivity contribution is 0.948. The number of aromatic nitrogens is 3. The van der Waals surface area contributed by atoms with Crippen LogP contribution in [0, 0.1) is 0 Å². The van der Waals surface area contributed by atoms with Crippen molar-refractivity contribution in [2.24, 2.45) is 0 Å². The summed E-state index contributed by atoms with van der Waals surface area (Å²) in [5.74, 6) is 0.773. The van der Waals surface area contributed by atoms with Crippen molar-refractivity contribution < 1.29 is 0 Å². The molecule has 0 aliphatic rings. The molecule has 0 amide bonds. The molecule has 5 nitrogen and oxygen atoms in total. The monoisotopic (exact) mass is 225 g/mol. The second-order valence-corrected chi connectivity index (χ2v) is 3.68. The zero-order valence-electron chi connectivity index (χ0n) is 9.04. The van der Waals surface area contributed by atoms with Crippen LogP contribution in [0.5, 0.6) is 0 Å². The van der Waals surface area contributed by atoms with Crippen molar-refractivity contribution >= 4 is 22.7 Å². The lowest BCUT2D eigenvalue weighted by atomic mass is 10.3. The van der Waals surface area contributed by atoms with Crippen LogP contribution in [-0.2, 0) is 0 Å². The lowest BCUT2D eigenvalue weighted by Gasteiger charge is -2.06. The Morgan fingerprint density at radius 3 is 2.71 bits per heavy atom. The zero-order chi connectivity index (χ0) is 11.7. The Kier molecular flexibility index (Phi) is 2.15. The van der Waals surface area contributed by atoms with Crippen molar-refractivity contribution in [2.75, 3.05) is 11.1 Å². The molecular formula is C12H11N5. The number of nitrogens with two attached hydrogens (primary N) is 1. The van der Waals surface area contributed by atoms with E-state index in [1.165, 1.54) is 0 Å². The highest BCUT2D eigenvalue weighted by molar-refractivity contribution is 5.73. The maximum atomic E-state index is 5.64. The molecule has 17 heavy (non-hydrogen) atoms. The standard InChI is InChI=1S/C12H11N5/c13-9-1-3-10(4-2-9)16-12-11-5-6-15-17(11)8-7-14-12/h1-8H,13H2,(H,14,16). The molecule has 0 saturated heterocycles. The van der Waals surface area contributed by atoms with Gasteiger partial charge in [0, 0.05) is 23.8 Å². The van der Waals surface area contributed by atoms with Gasteiger partial charge in [-0.2, -0.15) is 5.10 Å². The molecule has 0 radical (unpaired) electrons. The van der Waals surface area contributed by atoms with E-state index < -0.39 is 0 Å². The van der Waals surface area contributed by atoms with Gasteiger partial charge < -0.3 is 11.1 Å². The molecule has 0 unspecified atom stereocenters. The minimum absolute atomic E-state index is 0.742. The molecule has 0 bridgehead atoms. The number of rotatable bonds is 2. The van der Waals surface area contributed by atoms with Crippen molar-refractivity contribution in [3.63, 3.8) is 0 Å². The lowest BCUT2D eigenvalue weighted by Crippen LogP contribution is -1.97. The molecule has 0 spiro atoms. The summed E-state index contributed by atoms with van der Waals surface area (Å²) in [5.41, 5.74) is 8.26. The Hall–Kier alpha value is -2.56. The molecular weight excluding hydrogens is 214 g/mol. The van der Waals surface area contributed by atoms with Gasteiger partial charge in [-0.3, -0.25) is 0 Å². The van der Waals surface area contributed by atoms with E-state index in [0.717, 1.165) is 22.7 Å². The van der Waals surface area contributed by atoms with Gasteiger partial charge in [0.1, 0.15) is 5.52 Å². The summed E-state index contributed by atoms with van der Waals surface area (Å²) in [6.07, 6.45) is 5.26. The van der Waals surface area contributed by atoms with Crippen LogP contribution in [0.25, 0.3) is 5.52 Å². The number of benzene rings is 1. The van der Waals surface area contributed by atoms with Gasteiger partial charge in [-0.25, -0.2) is 9.50 Å². The maximum absolute atomic E-state index is 5.64. The third-order valence-electron chi connectivity index (χ3n) is 2.50. The summed E-state index contributed by atoms with van der Waals surface area (Å²) in [7, 11) is 0. The quantitative estimate of drug-likeness (QED) is 0.655. The van der Waals surface area contributed by atoms with Gasteiger partial charge in [0.05, 0.1) is 6.20 Å².